The van der Waals surface area contributed by atoms with Crippen molar-refractivity contribution in [2.45, 2.75) is 0 Å². The Labute approximate surface area is 100 Å². The minimum atomic E-state index is -1.15. The molecule has 82 valence electrons. The van der Waals surface area contributed by atoms with Gasteiger partial charge in [-0.3, -0.25) is 0 Å². The van der Waals surface area contributed by atoms with Crippen LogP contribution in [-0.2, 0) is 0 Å². The van der Waals surface area contributed by atoms with Gasteiger partial charge < -0.3 is 5.11 Å². The number of hydrogen-bond donors (Lipinski definition) is 1. The Balaban J connectivity index is 2.64. The van der Waals surface area contributed by atoms with Crippen LogP contribution in [-0.4, -0.2) is 25.8 Å². The molecular formula is C9H5Cl2N3O2. The van der Waals surface area contributed by atoms with E-state index in [2.05, 4.69) is 10.1 Å². The van der Waals surface area contributed by atoms with Crippen molar-refractivity contribution >= 4 is 29.2 Å². The Bertz CT molecular complexity index is 553. The highest BCUT2D eigenvalue weighted by Gasteiger charge is 2.17. The zero-order valence-corrected chi connectivity index (χ0v) is 9.27. The van der Waals surface area contributed by atoms with E-state index in [4.69, 9.17) is 28.3 Å². The van der Waals surface area contributed by atoms with Crippen molar-refractivity contribution in [1.82, 2.24) is 14.8 Å². The van der Waals surface area contributed by atoms with E-state index in [9.17, 15) is 4.79 Å². The average molecular weight is 258 g/mol. The van der Waals surface area contributed by atoms with Gasteiger partial charge in [-0.25, -0.2) is 14.5 Å². The zero-order valence-electron chi connectivity index (χ0n) is 7.76. The Morgan fingerprint density at radius 1 is 1.44 bits per heavy atom. The summed E-state index contributed by atoms with van der Waals surface area (Å²) < 4.78 is 1.09. The normalized spacial score (nSPS) is 10.4. The van der Waals surface area contributed by atoms with Crippen molar-refractivity contribution < 1.29 is 9.90 Å². The standard InChI is InChI=1S/C9H5Cl2N3O2/c10-5-2-1-3-12-8(5)14-6(9(15)16)4-7(11)13-14/h1-4H,(H,15,16). The molecule has 0 radical (unpaired) electrons. The molecule has 0 saturated heterocycles. The van der Waals surface area contributed by atoms with Crippen molar-refractivity contribution in [1.29, 1.82) is 0 Å². The number of pyridine rings is 1. The first-order valence-electron chi connectivity index (χ1n) is 4.19. The third-order valence-electron chi connectivity index (χ3n) is 1.84. The second-order valence-corrected chi connectivity index (χ2v) is 3.67. The van der Waals surface area contributed by atoms with E-state index in [1.165, 1.54) is 12.3 Å². The minimum Gasteiger partial charge on any atom is -0.477 e. The number of carboxylic acids is 1. The van der Waals surface area contributed by atoms with Crippen LogP contribution in [0.1, 0.15) is 10.5 Å². The van der Waals surface area contributed by atoms with E-state index in [0.29, 0.717) is 5.02 Å². The number of nitrogens with zero attached hydrogens (tertiary/aromatic N) is 3. The smallest absolute Gasteiger partial charge is 0.354 e. The largest absolute Gasteiger partial charge is 0.477 e. The van der Waals surface area contributed by atoms with Crippen LogP contribution >= 0.6 is 23.2 Å². The van der Waals surface area contributed by atoms with E-state index in [1.807, 2.05) is 0 Å². The Kier molecular flexibility index (Phi) is 2.80. The second-order valence-electron chi connectivity index (χ2n) is 2.88. The maximum absolute atomic E-state index is 10.9. The quantitative estimate of drug-likeness (QED) is 0.897. The van der Waals surface area contributed by atoms with Crippen molar-refractivity contribution in [3.8, 4) is 5.82 Å². The van der Waals surface area contributed by atoms with Crippen LogP contribution in [0.5, 0.6) is 0 Å². The highest BCUT2D eigenvalue weighted by Crippen LogP contribution is 2.20. The first-order chi connectivity index (χ1) is 7.59. The van der Waals surface area contributed by atoms with E-state index in [-0.39, 0.29) is 16.7 Å². The van der Waals surface area contributed by atoms with Crippen molar-refractivity contribution in [3.63, 3.8) is 0 Å². The van der Waals surface area contributed by atoms with Crippen molar-refractivity contribution in [2.24, 2.45) is 0 Å². The van der Waals surface area contributed by atoms with Gasteiger partial charge in [-0.1, -0.05) is 23.2 Å². The molecule has 0 aliphatic rings. The molecule has 16 heavy (non-hydrogen) atoms. The molecule has 0 bridgehead atoms. The molecule has 0 aliphatic carbocycles. The summed E-state index contributed by atoms with van der Waals surface area (Å²) in [5.41, 5.74) is -0.0920. The molecule has 2 aromatic heterocycles. The first kappa shape index (κ1) is 10.9. The molecule has 0 atom stereocenters. The van der Waals surface area contributed by atoms with Crippen LogP contribution in [0.2, 0.25) is 10.2 Å². The van der Waals surface area contributed by atoms with Gasteiger partial charge in [-0.05, 0) is 12.1 Å². The van der Waals surface area contributed by atoms with Gasteiger partial charge in [0.05, 0.1) is 5.02 Å². The number of aromatic nitrogens is 3. The van der Waals surface area contributed by atoms with Gasteiger partial charge in [-0.15, -0.1) is 0 Å². The molecule has 2 aromatic rings. The number of halogens is 2. The lowest BCUT2D eigenvalue weighted by Gasteiger charge is -2.04. The molecular weight excluding hydrogens is 253 g/mol. The van der Waals surface area contributed by atoms with Gasteiger partial charge >= 0.3 is 5.97 Å². The molecule has 5 nitrogen and oxygen atoms in total. The fourth-order valence-corrected chi connectivity index (χ4v) is 1.58. The highest BCUT2D eigenvalue weighted by atomic mass is 35.5. The Hall–Kier alpha value is -1.59. The van der Waals surface area contributed by atoms with Gasteiger partial charge in [0.2, 0.25) is 0 Å². The molecule has 0 amide bonds. The monoisotopic (exact) mass is 257 g/mol. The van der Waals surface area contributed by atoms with Crippen LogP contribution in [0, 0.1) is 0 Å². The summed E-state index contributed by atoms with van der Waals surface area (Å²) in [5.74, 6) is -0.922. The van der Waals surface area contributed by atoms with E-state index in [0.717, 1.165) is 4.68 Å². The number of carboxylic acid groups (broad SMARTS) is 1. The second kappa shape index (κ2) is 4.11. The van der Waals surface area contributed by atoms with Gasteiger partial charge in [-0.2, -0.15) is 5.10 Å². The van der Waals surface area contributed by atoms with E-state index in [1.54, 1.807) is 12.1 Å². The lowest BCUT2D eigenvalue weighted by molar-refractivity contribution is 0.0687. The lowest BCUT2D eigenvalue weighted by atomic mass is 10.4. The van der Waals surface area contributed by atoms with Crippen LogP contribution in [0.25, 0.3) is 5.82 Å². The lowest BCUT2D eigenvalue weighted by Crippen LogP contribution is -2.09. The summed E-state index contributed by atoms with van der Waals surface area (Å²) >= 11 is 11.5. The summed E-state index contributed by atoms with van der Waals surface area (Å²) in [6.45, 7) is 0. The highest BCUT2D eigenvalue weighted by molar-refractivity contribution is 6.32. The maximum Gasteiger partial charge on any atom is 0.354 e. The molecule has 2 heterocycles. The fraction of sp³-hybridized carbons (Fsp3) is 0. The minimum absolute atomic E-state index is 0.0686. The summed E-state index contributed by atoms with van der Waals surface area (Å²) in [4.78, 5) is 14.9. The summed E-state index contributed by atoms with van der Waals surface area (Å²) in [6.07, 6.45) is 1.49. The molecule has 7 heteroatoms. The SMILES string of the molecule is O=C(O)c1cc(Cl)nn1-c1ncccc1Cl. The summed E-state index contributed by atoms with van der Waals surface area (Å²) in [7, 11) is 0. The summed E-state index contributed by atoms with van der Waals surface area (Å²) in [5, 5.41) is 13.1. The number of rotatable bonds is 2. The Morgan fingerprint density at radius 3 is 2.81 bits per heavy atom. The Morgan fingerprint density at radius 2 is 2.19 bits per heavy atom. The predicted octanol–water partition coefficient (Wildman–Crippen LogP) is 2.27. The summed E-state index contributed by atoms with van der Waals surface area (Å²) in [6, 6.07) is 4.46. The number of hydrogen-bond acceptors (Lipinski definition) is 3. The molecule has 0 aromatic carbocycles. The van der Waals surface area contributed by atoms with Crippen LogP contribution in [0.4, 0.5) is 0 Å². The van der Waals surface area contributed by atoms with Crippen molar-refractivity contribution in [3.05, 3.63) is 40.3 Å². The van der Waals surface area contributed by atoms with Crippen LogP contribution < -0.4 is 0 Å². The van der Waals surface area contributed by atoms with Gasteiger partial charge in [0.1, 0.15) is 0 Å². The van der Waals surface area contributed by atoms with Gasteiger partial charge in [0, 0.05) is 12.3 Å². The van der Waals surface area contributed by atoms with Gasteiger partial charge in [0.15, 0.2) is 16.7 Å². The van der Waals surface area contributed by atoms with Crippen molar-refractivity contribution in [2.75, 3.05) is 0 Å². The number of carbonyl (C=O) groups is 1. The predicted molar refractivity (Wildman–Crippen MR) is 58.3 cm³/mol. The fourth-order valence-electron chi connectivity index (χ4n) is 1.20. The zero-order chi connectivity index (χ0) is 11.7. The topological polar surface area (TPSA) is 68.0 Å². The molecule has 0 unspecified atom stereocenters. The number of aromatic carboxylic acids is 1. The molecule has 0 spiro atoms. The van der Waals surface area contributed by atoms with Gasteiger partial charge in [0.25, 0.3) is 0 Å². The molecule has 0 aliphatic heterocycles. The average Bonchev–Trinajstić information content (AvgIpc) is 2.61. The molecule has 1 N–H and O–H groups in total. The van der Waals surface area contributed by atoms with Crippen LogP contribution in [0.3, 0.4) is 0 Å². The van der Waals surface area contributed by atoms with E-state index < -0.39 is 5.97 Å². The third-order valence-corrected chi connectivity index (χ3v) is 2.32. The molecule has 0 fully saturated rings. The van der Waals surface area contributed by atoms with Crippen LogP contribution in [0.15, 0.2) is 24.4 Å². The van der Waals surface area contributed by atoms with E-state index >= 15 is 0 Å². The molecule has 2 rings (SSSR count). The maximum atomic E-state index is 10.9. The molecule has 0 saturated carbocycles. The third kappa shape index (κ3) is 1.87. The first-order valence-corrected chi connectivity index (χ1v) is 4.95.